The lowest BCUT2D eigenvalue weighted by atomic mass is 9.86. The molecule has 2 heterocycles. The average molecular weight is 275 g/mol. The molecule has 0 radical (unpaired) electrons. The van der Waals surface area contributed by atoms with Crippen LogP contribution in [0.3, 0.4) is 0 Å². The molecule has 2 aromatic heterocycles. The Hall–Kier alpha value is -1.88. The van der Waals surface area contributed by atoms with Crippen LogP contribution >= 0.6 is 0 Å². The zero-order valence-electron chi connectivity index (χ0n) is 12.6. The molecule has 2 rings (SSSR count). The first kappa shape index (κ1) is 14.5. The molecule has 0 fully saturated rings. The zero-order chi connectivity index (χ0) is 15.1. The minimum Gasteiger partial charge on any atom is -0.388 e. The number of carbonyl (C=O) groups excluding carboxylic acids is 1. The van der Waals surface area contributed by atoms with Crippen molar-refractivity contribution in [3.63, 3.8) is 0 Å². The molecule has 0 bridgehead atoms. The van der Waals surface area contributed by atoms with Crippen molar-refractivity contribution in [2.24, 2.45) is 0 Å². The van der Waals surface area contributed by atoms with Gasteiger partial charge in [0, 0.05) is 11.9 Å². The fourth-order valence-corrected chi connectivity index (χ4v) is 1.76. The Kier molecular flexibility index (Phi) is 3.34. The van der Waals surface area contributed by atoms with E-state index in [4.69, 9.17) is 0 Å². The molecular formula is C15H21N3O2. The molecule has 5 heteroatoms. The molecule has 0 aliphatic carbocycles. The van der Waals surface area contributed by atoms with Crippen LogP contribution in [0.15, 0.2) is 24.4 Å². The van der Waals surface area contributed by atoms with Gasteiger partial charge in [-0.25, -0.2) is 4.98 Å². The van der Waals surface area contributed by atoms with Gasteiger partial charge in [0.25, 0.3) is 5.91 Å². The van der Waals surface area contributed by atoms with Gasteiger partial charge in [0.2, 0.25) is 0 Å². The number of hydrogen-bond donors (Lipinski definition) is 2. The molecular weight excluding hydrogens is 254 g/mol. The van der Waals surface area contributed by atoms with Crippen LogP contribution in [-0.4, -0.2) is 31.5 Å². The van der Waals surface area contributed by atoms with Crippen LogP contribution in [0.1, 0.15) is 43.9 Å². The minimum atomic E-state index is -1.03. The van der Waals surface area contributed by atoms with Gasteiger partial charge in [-0.1, -0.05) is 6.07 Å². The Bertz CT molecular complexity index is 651. The second-order valence-corrected chi connectivity index (χ2v) is 6.16. The molecule has 20 heavy (non-hydrogen) atoms. The number of fused-ring (bicyclic) bond motifs is 1. The fourth-order valence-electron chi connectivity index (χ4n) is 1.76. The third kappa shape index (κ3) is 2.54. The van der Waals surface area contributed by atoms with Gasteiger partial charge in [0.05, 0.1) is 11.1 Å². The second kappa shape index (κ2) is 4.59. The summed E-state index contributed by atoms with van der Waals surface area (Å²) in [6.07, 6.45) is 1.71. The van der Waals surface area contributed by atoms with E-state index in [1.807, 2.05) is 29.5 Å². The van der Waals surface area contributed by atoms with Gasteiger partial charge in [-0.15, -0.1) is 0 Å². The Labute approximate surface area is 118 Å². The van der Waals surface area contributed by atoms with Crippen LogP contribution in [0.5, 0.6) is 0 Å². The molecule has 1 amide bonds. The third-order valence-electron chi connectivity index (χ3n) is 3.88. The highest BCUT2D eigenvalue weighted by molar-refractivity contribution is 5.93. The van der Waals surface area contributed by atoms with Crippen molar-refractivity contribution in [2.45, 2.75) is 45.8 Å². The summed E-state index contributed by atoms with van der Waals surface area (Å²) >= 11 is 0. The molecule has 2 aromatic rings. The van der Waals surface area contributed by atoms with Crippen molar-refractivity contribution in [2.75, 3.05) is 0 Å². The average Bonchev–Trinajstić information content (AvgIpc) is 2.72. The number of amides is 1. The highest BCUT2D eigenvalue weighted by Crippen LogP contribution is 2.21. The molecule has 0 saturated carbocycles. The summed E-state index contributed by atoms with van der Waals surface area (Å²) in [6, 6.07) is 5.71. The summed E-state index contributed by atoms with van der Waals surface area (Å²) in [6.45, 7) is 8.86. The summed E-state index contributed by atoms with van der Waals surface area (Å²) in [5, 5.41) is 12.9. The SMILES string of the molecule is Cc1cccc2nc(C(=O)NC(C)(C)C(C)(C)O)cn12. The summed E-state index contributed by atoms with van der Waals surface area (Å²) in [4.78, 5) is 16.6. The largest absolute Gasteiger partial charge is 0.388 e. The summed E-state index contributed by atoms with van der Waals surface area (Å²) in [5.41, 5.74) is 0.302. The molecule has 0 aromatic carbocycles. The third-order valence-corrected chi connectivity index (χ3v) is 3.88. The fraction of sp³-hybridized carbons (Fsp3) is 0.467. The van der Waals surface area contributed by atoms with Crippen molar-refractivity contribution in [3.8, 4) is 0 Å². The van der Waals surface area contributed by atoms with E-state index in [2.05, 4.69) is 10.3 Å². The van der Waals surface area contributed by atoms with Crippen LogP contribution in [0.2, 0.25) is 0 Å². The van der Waals surface area contributed by atoms with Crippen molar-refractivity contribution in [1.29, 1.82) is 0 Å². The van der Waals surface area contributed by atoms with Gasteiger partial charge in [-0.3, -0.25) is 4.79 Å². The Morgan fingerprint density at radius 2 is 1.95 bits per heavy atom. The maximum absolute atomic E-state index is 12.3. The number of rotatable bonds is 3. The monoisotopic (exact) mass is 275 g/mol. The first-order valence-electron chi connectivity index (χ1n) is 6.61. The highest BCUT2D eigenvalue weighted by atomic mass is 16.3. The van der Waals surface area contributed by atoms with Gasteiger partial charge >= 0.3 is 0 Å². The number of hydrogen-bond acceptors (Lipinski definition) is 3. The van der Waals surface area contributed by atoms with Crippen LogP contribution in [-0.2, 0) is 0 Å². The number of nitrogens with zero attached hydrogens (tertiary/aromatic N) is 2. The van der Waals surface area contributed by atoms with E-state index in [-0.39, 0.29) is 5.91 Å². The predicted molar refractivity (Wildman–Crippen MR) is 77.8 cm³/mol. The smallest absolute Gasteiger partial charge is 0.272 e. The topological polar surface area (TPSA) is 66.6 Å². The van der Waals surface area contributed by atoms with Gasteiger partial charge < -0.3 is 14.8 Å². The number of pyridine rings is 1. The van der Waals surface area contributed by atoms with Crippen LogP contribution in [0.4, 0.5) is 0 Å². The second-order valence-electron chi connectivity index (χ2n) is 6.16. The molecule has 0 aliphatic rings. The number of imidazole rings is 1. The molecule has 0 spiro atoms. The van der Waals surface area contributed by atoms with Crippen molar-refractivity contribution >= 4 is 11.6 Å². The number of carbonyl (C=O) groups is 1. The van der Waals surface area contributed by atoms with Crippen LogP contribution in [0, 0.1) is 6.92 Å². The Morgan fingerprint density at radius 3 is 2.50 bits per heavy atom. The van der Waals surface area contributed by atoms with E-state index < -0.39 is 11.1 Å². The lowest BCUT2D eigenvalue weighted by Crippen LogP contribution is -2.57. The zero-order valence-corrected chi connectivity index (χ0v) is 12.6. The Balaban J connectivity index is 2.31. The van der Waals surface area contributed by atoms with Crippen molar-refractivity contribution in [1.82, 2.24) is 14.7 Å². The summed E-state index contributed by atoms with van der Waals surface area (Å²) in [7, 11) is 0. The number of aromatic nitrogens is 2. The van der Waals surface area contributed by atoms with Gasteiger partial charge in [-0.05, 0) is 46.8 Å². The highest BCUT2D eigenvalue weighted by Gasteiger charge is 2.36. The number of aliphatic hydroxyl groups is 1. The van der Waals surface area contributed by atoms with E-state index >= 15 is 0 Å². The molecule has 0 saturated heterocycles. The quantitative estimate of drug-likeness (QED) is 0.899. The standard InChI is InChI=1S/C15H21N3O2/c1-10-7-6-8-12-16-11(9-18(10)12)13(19)17-14(2,3)15(4,5)20/h6-9,20H,1-5H3,(H,17,19). The van der Waals surface area contributed by atoms with Gasteiger partial charge in [0.15, 0.2) is 0 Å². The molecule has 5 nitrogen and oxygen atoms in total. The van der Waals surface area contributed by atoms with Crippen LogP contribution < -0.4 is 5.32 Å². The summed E-state index contributed by atoms with van der Waals surface area (Å²) in [5.74, 6) is -0.291. The van der Waals surface area contributed by atoms with E-state index in [0.717, 1.165) is 11.3 Å². The van der Waals surface area contributed by atoms with E-state index in [1.54, 1.807) is 33.9 Å². The molecule has 0 unspecified atom stereocenters. The Morgan fingerprint density at radius 1 is 1.30 bits per heavy atom. The molecule has 108 valence electrons. The summed E-state index contributed by atoms with van der Waals surface area (Å²) < 4.78 is 1.87. The first-order chi connectivity index (χ1) is 9.12. The molecule has 2 N–H and O–H groups in total. The number of nitrogens with one attached hydrogen (secondary N) is 1. The van der Waals surface area contributed by atoms with Crippen LogP contribution in [0.25, 0.3) is 5.65 Å². The molecule has 0 atom stereocenters. The van der Waals surface area contributed by atoms with Gasteiger partial charge in [-0.2, -0.15) is 0 Å². The minimum absolute atomic E-state index is 0.291. The molecule has 0 aliphatic heterocycles. The lowest BCUT2D eigenvalue weighted by molar-refractivity contribution is -0.00301. The number of aryl methyl sites for hydroxylation is 1. The normalized spacial score (nSPS) is 12.7. The van der Waals surface area contributed by atoms with Crippen molar-refractivity contribution in [3.05, 3.63) is 35.8 Å². The van der Waals surface area contributed by atoms with E-state index in [1.165, 1.54) is 0 Å². The first-order valence-corrected chi connectivity index (χ1v) is 6.61. The van der Waals surface area contributed by atoms with E-state index in [0.29, 0.717) is 5.69 Å². The van der Waals surface area contributed by atoms with Crippen molar-refractivity contribution < 1.29 is 9.90 Å². The maximum Gasteiger partial charge on any atom is 0.272 e. The van der Waals surface area contributed by atoms with Gasteiger partial charge in [0.1, 0.15) is 11.3 Å². The lowest BCUT2D eigenvalue weighted by Gasteiger charge is -2.37. The maximum atomic E-state index is 12.3. The van der Waals surface area contributed by atoms with E-state index in [9.17, 15) is 9.90 Å². The predicted octanol–water partition coefficient (Wildman–Crippen LogP) is 1.92.